The number of aliphatic hydroxyl groups excluding tert-OH is 1. The minimum absolute atomic E-state index is 0.00166. The van der Waals surface area contributed by atoms with Gasteiger partial charge in [-0.3, -0.25) is 4.79 Å². The van der Waals surface area contributed by atoms with E-state index in [1.165, 1.54) is 6.92 Å². The Balaban J connectivity index is 2.00. The summed E-state index contributed by atoms with van der Waals surface area (Å²) in [7, 11) is 0. The standard InChI is InChI=1S/C18H22N2O3/c1-13(15-4-3-5-17(12-15)20-14(2)22)19-16-6-8-18(9-7-16)23-11-10-21/h3-9,12-13,19,21H,10-11H2,1-2H3,(H,20,22). The third-order valence-electron chi connectivity index (χ3n) is 3.30. The number of hydrogen-bond donors (Lipinski definition) is 3. The van der Waals surface area contributed by atoms with Crippen molar-refractivity contribution < 1.29 is 14.6 Å². The molecule has 0 aliphatic heterocycles. The summed E-state index contributed by atoms with van der Waals surface area (Å²) in [6.07, 6.45) is 0. The molecule has 0 saturated carbocycles. The molecule has 0 aliphatic rings. The van der Waals surface area contributed by atoms with E-state index in [-0.39, 0.29) is 18.6 Å². The Morgan fingerprint density at radius 1 is 1.17 bits per heavy atom. The van der Waals surface area contributed by atoms with Crippen molar-refractivity contribution in [1.29, 1.82) is 0 Å². The van der Waals surface area contributed by atoms with Crippen LogP contribution in [0.3, 0.4) is 0 Å². The number of benzene rings is 2. The summed E-state index contributed by atoms with van der Waals surface area (Å²) in [5.41, 5.74) is 2.84. The molecule has 0 bridgehead atoms. The third kappa shape index (κ3) is 5.30. The van der Waals surface area contributed by atoms with Crippen molar-refractivity contribution in [2.75, 3.05) is 23.8 Å². The molecule has 5 nitrogen and oxygen atoms in total. The first-order valence-corrected chi connectivity index (χ1v) is 7.56. The number of carbonyl (C=O) groups excluding carboxylic acids is 1. The van der Waals surface area contributed by atoms with Gasteiger partial charge in [0.25, 0.3) is 0 Å². The van der Waals surface area contributed by atoms with Crippen LogP contribution in [0.15, 0.2) is 48.5 Å². The molecule has 3 N–H and O–H groups in total. The van der Waals surface area contributed by atoms with Gasteiger partial charge in [0.1, 0.15) is 12.4 Å². The number of amides is 1. The quantitative estimate of drug-likeness (QED) is 0.734. The minimum atomic E-state index is -0.0822. The number of ether oxygens (including phenoxy) is 1. The number of anilines is 2. The maximum atomic E-state index is 11.1. The second-order valence-corrected chi connectivity index (χ2v) is 5.27. The maximum absolute atomic E-state index is 11.1. The molecular weight excluding hydrogens is 292 g/mol. The highest BCUT2D eigenvalue weighted by molar-refractivity contribution is 5.88. The Kier molecular flexibility index (Phi) is 6.00. The van der Waals surface area contributed by atoms with E-state index < -0.39 is 0 Å². The van der Waals surface area contributed by atoms with Crippen LogP contribution in [0.4, 0.5) is 11.4 Å². The van der Waals surface area contributed by atoms with E-state index in [1.54, 1.807) is 0 Å². The van der Waals surface area contributed by atoms with E-state index in [2.05, 4.69) is 17.6 Å². The van der Waals surface area contributed by atoms with Crippen LogP contribution in [0, 0.1) is 0 Å². The molecule has 0 aromatic heterocycles. The molecule has 0 spiro atoms. The van der Waals surface area contributed by atoms with Crippen LogP contribution in [-0.2, 0) is 4.79 Å². The van der Waals surface area contributed by atoms with Gasteiger partial charge in [-0.25, -0.2) is 0 Å². The van der Waals surface area contributed by atoms with Crippen LogP contribution >= 0.6 is 0 Å². The molecule has 0 saturated heterocycles. The van der Waals surface area contributed by atoms with Gasteiger partial charge in [0.05, 0.1) is 6.61 Å². The number of nitrogens with one attached hydrogen (secondary N) is 2. The van der Waals surface area contributed by atoms with Crippen LogP contribution < -0.4 is 15.4 Å². The summed E-state index contributed by atoms with van der Waals surface area (Å²) in [6, 6.07) is 15.4. The largest absolute Gasteiger partial charge is 0.491 e. The average molecular weight is 314 g/mol. The Labute approximate surface area is 136 Å². The maximum Gasteiger partial charge on any atom is 0.221 e. The molecule has 0 heterocycles. The van der Waals surface area contributed by atoms with Gasteiger partial charge in [-0.15, -0.1) is 0 Å². The molecule has 0 radical (unpaired) electrons. The topological polar surface area (TPSA) is 70.6 Å². The summed E-state index contributed by atoms with van der Waals surface area (Å²) >= 11 is 0. The fraction of sp³-hybridized carbons (Fsp3) is 0.278. The summed E-state index contributed by atoms with van der Waals surface area (Å²) in [6.45, 7) is 3.85. The van der Waals surface area contributed by atoms with E-state index in [1.807, 2.05) is 48.5 Å². The third-order valence-corrected chi connectivity index (χ3v) is 3.30. The van der Waals surface area contributed by atoms with E-state index in [9.17, 15) is 4.79 Å². The van der Waals surface area contributed by atoms with Gasteiger partial charge in [0.2, 0.25) is 5.91 Å². The number of rotatable bonds is 7. The van der Waals surface area contributed by atoms with Gasteiger partial charge in [-0.2, -0.15) is 0 Å². The van der Waals surface area contributed by atoms with Crippen molar-refractivity contribution in [2.45, 2.75) is 19.9 Å². The van der Waals surface area contributed by atoms with E-state index in [4.69, 9.17) is 9.84 Å². The fourth-order valence-electron chi connectivity index (χ4n) is 2.23. The highest BCUT2D eigenvalue weighted by atomic mass is 16.5. The highest BCUT2D eigenvalue weighted by Crippen LogP contribution is 2.23. The van der Waals surface area contributed by atoms with Gasteiger partial charge in [0, 0.05) is 24.3 Å². The van der Waals surface area contributed by atoms with Crippen LogP contribution in [0.1, 0.15) is 25.5 Å². The Hall–Kier alpha value is -2.53. The number of aliphatic hydroxyl groups is 1. The fourth-order valence-corrected chi connectivity index (χ4v) is 2.23. The molecule has 1 amide bonds. The van der Waals surface area contributed by atoms with Gasteiger partial charge >= 0.3 is 0 Å². The summed E-state index contributed by atoms with van der Waals surface area (Å²) in [5.74, 6) is 0.645. The predicted molar refractivity (Wildman–Crippen MR) is 91.8 cm³/mol. The Bertz CT molecular complexity index is 641. The lowest BCUT2D eigenvalue weighted by atomic mass is 10.1. The predicted octanol–water partition coefficient (Wildman–Crippen LogP) is 3.19. The first kappa shape index (κ1) is 16.8. The first-order valence-electron chi connectivity index (χ1n) is 7.56. The van der Waals surface area contributed by atoms with E-state index in [0.717, 1.165) is 22.7 Å². The zero-order valence-electron chi connectivity index (χ0n) is 13.4. The van der Waals surface area contributed by atoms with Gasteiger partial charge < -0.3 is 20.5 Å². The number of carbonyl (C=O) groups is 1. The summed E-state index contributed by atoms with van der Waals surface area (Å²) in [5, 5.41) is 14.9. The SMILES string of the molecule is CC(=O)Nc1cccc(C(C)Nc2ccc(OCCO)cc2)c1. The van der Waals surface area contributed by atoms with Gasteiger partial charge in [-0.05, 0) is 48.9 Å². The molecule has 2 aromatic carbocycles. The van der Waals surface area contributed by atoms with E-state index in [0.29, 0.717) is 6.61 Å². The monoisotopic (exact) mass is 314 g/mol. The zero-order valence-corrected chi connectivity index (χ0v) is 13.4. The van der Waals surface area contributed by atoms with Crippen molar-refractivity contribution in [3.63, 3.8) is 0 Å². The summed E-state index contributed by atoms with van der Waals surface area (Å²) in [4.78, 5) is 11.1. The minimum Gasteiger partial charge on any atom is -0.491 e. The average Bonchev–Trinajstić information content (AvgIpc) is 2.54. The molecule has 2 aromatic rings. The molecular formula is C18H22N2O3. The van der Waals surface area contributed by atoms with Crippen LogP contribution in [-0.4, -0.2) is 24.2 Å². The van der Waals surface area contributed by atoms with Crippen LogP contribution in [0.25, 0.3) is 0 Å². The second-order valence-electron chi connectivity index (χ2n) is 5.27. The van der Waals surface area contributed by atoms with Crippen LogP contribution in [0.5, 0.6) is 5.75 Å². The Morgan fingerprint density at radius 3 is 2.57 bits per heavy atom. The van der Waals surface area contributed by atoms with Crippen molar-refractivity contribution in [2.24, 2.45) is 0 Å². The normalized spacial score (nSPS) is 11.6. The first-order chi connectivity index (χ1) is 11.1. The second kappa shape index (κ2) is 8.19. The lowest BCUT2D eigenvalue weighted by molar-refractivity contribution is -0.114. The molecule has 122 valence electrons. The van der Waals surface area contributed by atoms with Crippen molar-refractivity contribution >= 4 is 17.3 Å². The molecule has 0 fully saturated rings. The molecule has 1 unspecified atom stereocenters. The molecule has 1 atom stereocenters. The molecule has 5 heteroatoms. The smallest absolute Gasteiger partial charge is 0.221 e. The van der Waals surface area contributed by atoms with E-state index >= 15 is 0 Å². The zero-order chi connectivity index (χ0) is 16.7. The molecule has 0 aliphatic carbocycles. The van der Waals surface area contributed by atoms with Gasteiger partial charge in [-0.1, -0.05) is 12.1 Å². The Morgan fingerprint density at radius 2 is 1.91 bits per heavy atom. The highest BCUT2D eigenvalue weighted by Gasteiger charge is 2.07. The molecule has 23 heavy (non-hydrogen) atoms. The lowest BCUT2D eigenvalue weighted by Crippen LogP contribution is -2.09. The summed E-state index contributed by atoms with van der Waals surface area (Å²) < 4.78 is 5.33. The van der Waals surface area contributed by atoms with Crippen LogP contribution in [0.2, 0.25) is 0 Å². The number of hydrogen-bond acceptors (Lipinski definition) is 4. The van der Waals surface area contributed by atoms with Crippen molar-refractivity contribution in [3.8, 4) is 5.75 Å². The van der Waals surface area contributed by atoms with Crippen molar-refractivity contribution in [1.82, 2.24) is 0 Å². The van der Waals surface area contributed by atoms with Gasteiger partial charge in [0.15, 0.2) is 0 Å². The lowest BCUT2D eigenvalue weighted by Gasteiger charge is -2.17. The van der Waals surface area contributed by atoms with Crippen molar-refractivity contribution in [3.05, 3.63) is 54.1 Å². The molecule has 2 rings (SSSR count).